The molecule has 2 rings (SSSR count). The molecule has 1 amide bonds. The van der Waals surface area contributed by atoms with E-state index in [-0.39, 0.29) is 6.54 Å². The summed E-state index contributed by atoms with van der Waals surface area (Å²) in [5.41, 5.74) is 7.43. The van der Waals surface area contributed by atoms with Crippen LogP contribution in [0.25, 0.3) is 0 Å². The second-order valence-corrected chi connectivity index (χ2v) is 7.70. The molecule has 1 aliphatic rings. The summed E-state index contributed by atoms with van der Waals surface area (Å²) in [5.74, 6) is -0.987. The number of nitrogens with two attached hydrogens (primary N) is 1. The zero-order valence-electron chi connectivity index (χ0n) is 12.9. The van der Waals surface area contributed by atoms with E-state index < -0.39 is 21.8 Å². The third kappa shape index (κ3) is 4.25. The van der Waals surface area contributed by atoms with Crippen molar-refractivity contribution in [3.05, 3.63) is 29.6 Å². The lowest BCUT2D eigenvalue weighted by Crippen LogP contribution is -2.40. The Hall–Kier alpha value is -1.51. The van der Waals surface area contributed by atoms with E-state index >= 15 is 0 Å². The van der Waals surface area contributed by atoms with Gasteiger partial charge in [-0.15, -0.1) is 0 Å². The van der Waals surface area contributed by atoms with Gasteiger partial charge < -0.3 is 5.73 Å². The Kier molecular flexibility index (Phi) is 5.15. The number of carbonyl (C=O) groups is 1. The minimum Gasteiger partial charge on any atom is -0.369 e. The van der Waals surface area contributed by atoms with Gasteiger partial charge in [0, 0.05) is 38.9 Å². The van der Waals surface area contributed by atoms with Crippen molar-refractivity contribution in [3.63, 3.8) is 0 Å². The van der Waals surface area contributed by atoms with Crippen LogP contribution in [0.5, 0.6) is 0 Å². The summed E-state index contributed by atoms with van der Waals surface area (Å²) in [6.07, 6.45) is 2.89. The Morgan fingerprint density at radius 1 is 1.41 bits per heavy atom. The number of sulfonamides is 1. The van der Waals surface area contributed by atoms with Crippen molar-refractivity contribution in [1.82, 2.24) is 14.2 Å². The summed E-state index contributed by atoms with van der Waals surface area (Å²) >= 11 is 0. The molecule has 0 bridgehead atoms. The molecule has 2 heterocycles. The molecule has 122 valence electrons. The van der Waals surface area contributed by atoms with Crippen molar-refractivity contribution in [1.29, 1.82) is 0 Å². The fraction of sp³-hybridized carbons (Fsp3) is 0.571. The van der Waals surface area contributed by atoms with Gasteiger partial charge in [-0.05, 0) is 18.6 Å². The predicted molar refractivity (Wildman–Crippen MR) is 83.4 cm³/mol. The normalized spacial score (nSPS) is 21.5. The topological polar surface area (TPSA) is 96.6 Å². The first-order chi connectivity index (χ1) is 10.3. The molecule has 22 heavy (non-hydrogen) atoms. The van der Waals surface area contributed by atoms with Crippen molar-refractivity contribution in [3.8, 4) is 0 Å². The fourth-order valence-corrected chi connectivity index (χ4v) is 3.44. The number of hydrogen-bond donors (Lipinski definition) is 1. The first-order valence-electron chi connectivity index (χ1n) is 7.14. The lowest BCUT2D eigenvalue weighted by molar-refractivity contribution is -0.122. The van der Waals surface area contributed by atoms with Crippen molar-refractivity contribution in [2.75, 3.05) is 32.4 Å². The Morgan fingerprint density at radius 3 is 2.73 bits per heavy atom. The number of rotatable bonds is 4. The standard InChI is InChI=1S/C14H22N4O3S/c1-11-4-3-5-16-13(11)10-17-6-7-18(22(2,20)21)9-12(8-17)14(15)19/h3-5,12H,6-10H2,1-2H3,(H2,15,19)/t12-/m0/s1. The van der Waals surface area contributed by atoms with Gasteiger partial charge >= 0.3 is 0 Å². The third-order valence-corrected chi connectivity index (χ3v) is 5.20. The molecule has 8 heteroatoms. The molecule has 0 saturated carbocycles. The number of nitrogens with zero attached hydrogens (tertiary/aromatic N) is 3. The maximum atomic E-state index is 11.8. The van der Waals surface area contributed by atoms with E-state index in [1.807, 2.05) is 24.0 Å². The molecule has 1 saturated heterocycles. The lowest BCUT2D eigenvalue weighted by atomic mass is 10.1. The number of aryl methyl sites for hydroxylation is 1. The molecular formula is C14H22N4O3S. The molecule has 1 aromatic heterocycles. The number of carbonyl (C=O) groups excluding carboxylic acids is 1. The summed E-state index contributed by atoms with van der Waals surface area (Å²) < 4.78 is 24.9. The van der Waals surface area contributed by atoms with Crippen LogP contribution in [0.4, 0.5) is 0 Å². The molecule has 2 N–H and O–H groups in total. The highest BCUT2D eigenvalue weighted by Gasteiger charge is 2.30. The SMILES string of the molecule is Cc1cccnc1CN1CCN(S(C)(=O)=O)C[C@@H](C(N)=O)C1. The van der Waals surface area contributed by atoms with Gasteiger partial charge in [-0.25, -0.2) is 12.7 Å². The maximum Gasteiger partial charge on any atom is 0.223 e. The van der Waals surface area contributed by atoms with Gasteiger partial charge in [-0.3, -0.25) is 14.7 Å². The van der Waals surface area contributed by atoms with E-state index in [4.69, 9.17) is 5.73 Å². The molecule has 1 aliphatic heterocycles. The van der Waals surface area contributed by atoms with Gasteiger partial charge in [0.15, 0.2) is 0 Å². The van der Waals surface area contributed by atoms with E-state index in [9.17, 15) is 13.2 Å². The minimum absolute atomic E-state index is 0.145. The van der Waals surface area contributed by atoms with Gasteiger partial charge in [0.25, 0.3) is 0 Å². The summed E-state index contributed by atoms with van der Waals surface area (Å²) in [5, 5.41) is 0. The van der Waals surface area contributed by atoms with Crippen LogP contribution in [0.2, 0.25) is 0 Å². The van der Waals surface area contributed by atoms with Crippen LogP contribution in [-0.4, -0.2) is 60.9 Å². The van der Waals surface area contributed by atoms with E-state index in [2.05, 4.69) is 4.98 Å². The first kappa shape index (κ1) is 16.9. The second kappa shape index (κ2) is 6.72. The predicted octanol–water partition coefficient (Wildman–Crippen LogP) is -0.431. The molecule has 1 atom stereocenters. The van der Waals surface area contributed by atoms with Gasteiger partial charge in [0.05, 0.1) is 17.9 Å². The number of primary amides is 1. The molecule has 0 aliphatic carbocycles. The number of hydrogen-bond acceptors (Lipinski definition) is 5. The highest BCUT2D eigenvalue weighted by atomic mass is 32.2. The van der Waals surface area contributed by atoms with Gasteiger partial charge in [-0.1, -0.05) is 6.07 Å². The second-order valence-electron chi connectivity index (χ2n) is 5.72. The van der Waals surface area contributed by atoms with Crippen LogP contribution in [0.1, 0.15) is 11.3 Å². The van der Waals surface area contributed by atoms with Crippen molar-refractivity contribution < 1.29 is 13.2 Å². The lowest BCUT2D eigenvalue weighted by Gasteiger charge is -2.22. The number of aromatic nitrogens is 1. The van der Waals surface area contributed by atoms with E-state index in [1.165, 1.54) is 4.31 Å². The molecule has 7 nitrogen and oxygen atoms in total. The Labute approximate surface area is 131 Å². The molecule has 0 radical (unpaired) electrons. The van der Waals surface area contributed by atoms with E-state index in [1.54, 1.807) is 6.20 Å². The highest BCUT2D eigenvalue weighted by molar-refractivity contribution is 7.88. The average molecular weight is 326 g/mol. The quantitative estimate of drug-likeness (QED) is 0.810. The molecule has 0 aromatic carbocycles. The monoisotopic (exact) mass is 326 g/mol. The Balaban J connectivity index is 2.16. The Morgan fingerprint density at radius 2 is 2.14 bits per heavy atom. The smallest absolute Gasteiger partial charge is 0.223 e. The minimum atomic E-state index is -3.34. The Bertz CT molecular complexity index is 647. The van der Waals surface area contributed by atoms with Crippen LogP contribution >= 0.6 is 0 Å². The number of pyridine rings is 1. The van der Waals surface area contributed by atoms with E-state index in [0.29, 0.717) is 26.2 Å². The van der Waals surface area contributed by atoms with Crippen LogP contribution in [0.3, 0.4) is 0 Å². The fourth-order valence-electron chi connectivity index (χ4n) is 2.57. The van der Waals surface area contributed by atoms with Crippen LogP contribution in [0, 0.1) is 12.8 Å². The largest absolute Gasteiger partial charge is 0.369 e. The first-order valence-corrected chi connectivity index (χ1v) is 8.99. The molecule has 1 aromatic rings. The van der Waals surface area contributed by atoms with E-state index in [0.717, 1.165) is 17.5 Å². The van der Waals surface area contributed by atoms with Gasteiger partial charge in [-0.2, -0.15) is 0 Å². The highest BCUT2D eigenvalue weighted by Crippen LogP contribution is 2.15. The summed E-state index contributed by atoms with van der Waals surface area (Å²) in [6.45, 7) is 4.05. The molecule has 1 fully saturated rings. The van der Waals surface area contributed by atoms with Crippen molar-refractivity contribution in [2.24, 2.45) is 11.7 Å². The third-order valence-electron chi connectivity index (χ3n) is 3.93. The summed E-state index contributed by atoms with van der Waals surface area (Å²) in [7, 11) is -3.34. The zero-order chi connectivity index (χ0) is 16.3. The zero-order valence-corrected chi connectivity index (χ0v) is 13.7. The molecule has 0 unspecified atom stereocenters. The average Bonchev–Trinajstić information content (AvgIpc) is 2.64. The summed E-state index contributed by atoms with van der Waals surface area (Å²) in [6, 6.07) is 3.85. The van der Waals surface area contributed by atoms with Crippen LogP contribution in [0.15, 0.2) is 18.3 Å². The van der Waals surface area contributed by atoms with Crippen molar-refractivity contribution in [2.45, 2.75) is 13.5 Å². The van der Waals surface area contributed by atoms with Crippen LogP contribution < -0.4 is 5.73 Å². The summed E-state index contributed by atoms with van der Waals surface area (Å²) in [4.78, 5) is 18.0. The number of amides is 1. The molecular weight excluding hydrogens is 304 g/mol. The van der Waals surface area contributed by atoms with Gasteiger partial charge in [0.1, 0.15) is 0 Å². The molecule has 0 spiro atoms. The van der Waals surface area contributed by atoms with Crippen molar-refractivity contribution >= 4 is 15.9 Å². The van der Waals surface area contributed by atoms with Gasteiger partial charge in [0.2, 0.25) is 15.9 Å². The maximum absolute atomic E-state index is 11.8. The van der Waals surface area contributed by atoms with Crippen LogP contribution in [-0.2, 0) is 21.4 Å².